The number of amides is 1. The molecule has 1 aromatic carbocycles. The highest BCUT2D eigenvalue weighted by Gasteiger charge is 2.27. The topological polar surface area (TPSA) is 79.4 Å². The van der Waals surface area contributed by atoms with Gasteiger partial charge in [-0.3, -0.25) is 4.79 Å². The Bertz CT molecular complexity index is 810. The minimum atomic E-state index is -4.33. The Kier molecular flexibility index (Phi) is 7.19. The molecule has 3 rings (SSSR count). The van der Waals surface area contributed by atoms with Crippen LogP contribution in [-0.2, 0) is 9.53 Å². The first-order chi connectivity index (χ1) is 13.8. The number of carbonyl (C=O) groups excluding carboxylic acids is 1. The molecule has 2 aromatic rings. The van der Waals surface area contributed by atoms with Crippen molar-refractivity contribution >= 4 is 45.5 Å². The normalized spacial score (nSPS) is 15.8. The predicted octanol–water partition coefficient (Wildman–Crippen LogP) is 3.47. The van der Waals surface area contributed by atoms with Gasteiger partial charge in [0.15, 0.2) is 4.34 Å². The number of alkyl halides is 3. The molecule has 1 aliphatic heterocycles. The molecule has 0 radical (unpaired) electrons. The van der Waals surface area contributed by atoms with E-state index >= 15 is 0 Å². The van der Waals surface area contributed by atoms with Crippen LogP contribution in [0.4, 0.5) is 29.7 Å². The second-order valence-corrected chi connectivity index (χ2v) is 8.80. The van der Waals surface area contributed by atoms with Crippen molar-refractivity contribution in [2.75, 3.05) is 48.4 Å². The minimum Gasteiger partial charge on any atom is -0.378 e. The number of anilines is 3. The third-order valence-corrected chi connectivity index (χ3v) is 6.07. The zero-order chi connectivity index (χ0) is 20.9. The molecule has 1 unspecified atom stereocenters. The summed E-state index contributed by atoms with van der Waals surface area (Å²) in [5.41, 5.74) is 1.74. The van der Waals surface area contributed by atoms with Crippen molar-refractivity contribution in [2.45, 2.75) is 22.7 Å². The van der Waals surface area contributed by atoms with E-state index in [1.165, 1.54) is 0 Å². The molecule has 1 aromatic heterocycles. The van der Waals surface area contributed by atoms with Gasteiger partial charge in [-0.1, -0.05) is 23.1 Å². The van der Waals surface area contributed by atoms with Gasteiger partial charge in [0, 0.05) is 24.5 Å². The highest BCUT2D eigenvalue weighted by molar-refractivity contribution is 8.02. The van der Waals surface area contributed by atoms with E-state index in [4.69, 9.17) is 4.74 Å². The molecule has 29 heavy (non-hydrogen) atoms. The van der Waals surface area contributed by atoms with Gasteiger partial charge in [-0.15, -0.1) is 10.2 Å². The Morgan fingerprint density at radius 1 is 1.28 bits per heavy atom. The smallest absolute Gasteiger partial charge is 0.378 e. The van der Waals surface area contributed by atoms with Crippen LogP contribution in [0.5, 0.6) is 0 Å². The van der Waals surface area contributed by atoms with Crippen LogP contribution < -0.4 is 15.5 Å². The SMILES string of the molecule is CC(Sc1nnc(NCC(F)(F)F)s1)C(=O)Nc1ccc(N2CCOCC2)cc1. The molecule has 0 saturated carbocycles. The molecule has 7 nitrogen and oxygen atoms in total. The number of morpholine rings is 1. The number of carbonyl (C=O) groups is 1. The fraction of sp³-hybridized carbons (Fsp3) is 0.471. The summed E-state index contributed by atoms with van der Waals surface area (Å²) in [4.78, 5) is 14.6. The molecule has 1 atom stereocenters. The first-order valence-corrected chi connectivity index (χ1v) is 10.5. The third kappa shape index (κ3) is 6.75. The van der Waals surface area contributed by atoms with E-state index in [1.807, 2.05) is 24.3 Å². The van der Waals surface area contributed by atoms with Gasteiger partial charge in [-0.2, -0.15) is 13.2 Å². The molecule has 0 spiro atoms. The Hall–Kier alpha value is -2.05. The first-order valence-electron chi connectivity index (χ1n) is 8.84. The minimum absolute atomic E-state index is 0.0659. The molecule has 1 amide bonds. The summed E-state index contributed by atoms with van der Waals surface area (Å²) >= 11 is 2.12. The highest BCUT2D eigenvalue weighted by Crippen LogP contribution is 2.30. The number of benzene rings is 1. The summed E-state index contributed by atoms with van der Waals surface area (Å²) in [6.07, 6.45) is -4.33. The monoisotopic (exact) mass is 447 g/mol. The Morgan fingerprint density at radius 3 is 2.62 bits per heavy atom. The van der Waals surface area contributed by atoms with Crippen LogP contribution in [0.2, 0.25) is 0 Å². The van der Waals surface area contributed by atoms with Gasteiger partial charge in [0.2, 0.25) is 11.0 Å². The van der Waals surface area contributed by atoms with E-state index in [0.717, 1.165) is 41.9 Å². The van der Waals surface area contributed by atoms with Gasteiger partial charge in [-0.25, -0.2) is 0 Å². The van der Waals surface area contributed by atoms with Crippen molar-refractivity contribution < 1.29 is 22.7 Å². The molecular formula is C17H20F3N5O2S2. The van der Waals surface area contributed by atoms with Gasteiger partial charge in [0.05, 0.1) is 18.5 Å². The Labute approximate surface area is 174 Å². The fourth-order valence-corrected chi connectivity index (χ4v) is 4.42. The number of halogens is 3. The van der Waals surface area contributed by atoms with E-state index in [9.17, 15) is 18.0 Å². The first kappa shape index (κ1) is 21.7. The average Bonchev–Trinajstić information content (AvgIpc) is 3.14. The van der Waals surface area contributed by atoms with E-state index in [0.29, 0.717) is 23.2 Å². The van der Waals surface area contributed by atoms with Crippen molar-refractivity contribution in [3.05, 3.63) is 24.3 Å². The van der Waals surface area contributed by atoms with Crippen molar-refractivity contribution in [3.63, 3.8) is 0 Å². The fourth-order valence-electron chi connectivity index (χ4n) is 2.53. The van der Waals surface area contributed by atoms with Gasteiger partial charge in [0.1, 0.15) is 6.54 Å². The highest BCUT2D eigenvalue weighted by atomic mass is 32.2. The quantitative estimate of drug-likeness (QED) is 0.629. The van der Waals surface area contributed by atoms with Gasteiger partial charge in [0.25, 0.3) is 0 Å². The van der Waals surface area contributed by atoms with E-state index in [1.54, 1.807) is 6.92 Å². The summed E-state index contributed by atoms with van der Waals surface area (Å²) in [6, 6.07) is 7.57. The number of rotatable bonds is 7. The number of thioether (sulfide) groups is 1. The molecule has 1 aliphatic rings. The number of ether oxygens (including phenoxy) is 1. The number of nitrogens with zero attached hydrogens (tertiary/aromatic N) is 3. The number of aromatic nitrogens is 2. The summed E-state index contributed by atoms with van der Waals surface area (Å²) in [5, 5.41) is 12.1. The second kappa shape index (κ2) is 9.63. The maximum Gasteiger partial charge on any atom is 0.405 e. The lowest BCUT2D eigenvalue weighted by Crippen LogP contribution is -2.36. The lowest BCUT2D eigenvalue weighted by molar-refractivity contribution is -0.116. The van der Waals surface area contributed by atoms with Crippen molar-refractivity contribution in [1.82, 2.24) is 10.2 Å². The van der Waals surface area contributed by atoms with E-state index < -0.39 is 18.0 Å². The maximum absolute atomic E-state index is 12.4. The van der Waals surface area contributed by atoms with Crippen LogP contribution in [0.3, 0.4) is 0 Å². The molecule has 0 bridgehead atoms. The lowest BCUT2D eigenvalue weighted by Gasteiger charge is -2.28. The largest absolute Gasteiger partial charge is 0.405 e. The summed E-state index contributed by atoms with van der Waals surface area (Å²) in [7, 11) is 0. The van der Waals surface area contributed by atoms with Crippen LogP contribution in [-0.4, -0.2) is 60.4 Å². The van der Waals surface area contributed by atoms with Gasteiger partial charge < -0.3 is 20.3 Å². The summed E-state index contributed by atoms with van der Waals surface area (Å²) < 4.78 is 42.4. The second-order valence-electron chi connectivity index (χ2n) is 6.24. The lowest BCUT2D eigenvalue weighted by atomic mass is 10.2. The molecule has 1 fully saturated rings. The van der Waals surface area contributed by atoms with E-state index in [2.05, 4.69) is 25.7 Å². The van der Waals surface area contributed by atoms with Crippen LogP contribution in [0.25, 0.3) is 0 Å². The van der Waals surface area contributed by atoms with Crippen LogP contribution in [0.1, 0.15) is 6.92 Å². The average molecular weight is 448 g/mol. The van der Waals surface area contributed by atoms with Crippen molar-refractivity contribution in [2.24, 2.45) is 0 Å². The summed E-state index contributed by atoms with van der Waals surface area (Å²) in [5.74, 6) is -0.228. The third-order valence-electron chi connectivity index (χ3n) is 4.00. The molecule has 12 heteroatoms. The Balaban J connectivity index is 1.49. The molecule has 2 N–H and O–H groups in total. The van der Waals surface area contributed by atoms with Gasteiger partial charge in [-0.05, 0) is 31.2 Å². The number of hydrogen-bond acceptors (Lipinski definition) is 8. The molecule has 1 saturated heterocycles. The standard InChI is InChI=1S/C17H20F3N5O2S2/c1-11(28-16-24-23-15(29-16)21-10-17(18,19)20)14(26)22-12-2-4-13(5-3-12)25-6-8-27-9-7-25/h2-5,11H,6-10H2,1H3,(H,21,23)(H,22,26). The van der Waals surface area contributed by atoms with Crippen LogP contribution in [0, 0.1) is 0 Å². The van der Waals surface area contributed by atoms with Crippen molar-refractivity contribution in [3.8, 4) is 0 Å². The number of hydrogen-bond donors (Lipinski definition) is 2. The maximum atomic E-state index is 12.4. The molecule has 158 valence electrons. The molecule has 0 aliphatic carbocycles. The zero-order valence-corrected chi connectivity index (χ0v) is 17.2. The zero-order valence-electron chi connectivity index (χ0n) is 15.5. The predicted molar refractivity (Wildman–Crippen MR) is 108 cm³/mol. The Morgan fingerprint density at radius 2 is 1.97 bits per heavy atom. The van der Waals surface area contributed by atoms with Gasteiger partial charge >= 0.3 is 6.18 Å². The van der Waals surface area contributed by atoms with Crippen molar-refractivity contribution in [1.29, 1.82) is 0 Å². The molecular weight excluding hydrogens is 427 g/mol. The van der Waals surface area contributed by atoms with E-state index in [-0.39, 0.29) is 11.0 Å². The van der Waals surface area contributed by atoms with Crippen LogP contribution >= 0.6 is 23.1 Å². The summed E-state index contributed by atoms with van der Waals surface area (Å²) in [6.45, 7) is 3.59. The number of nitrogens with one attached hydrogen (secondary N) is 2. The molecule has 2 heterocycles. The van der Waals surface area contributed by atoms with Crippen LogP contribution in [0.15, 0.2) is 28.6 Å².